The van der Waals surface area contributed by atoms with Crippen LogP contribution in [0.2, 0.25) is 10.0 Å². The SMILES string of the molecule is CCCCOc1ccc(C2c3c(oc4ccc(Cl)cc4c3=O)C(=O)N2c2cccc(Cl)c2)cc1OC. The third kappa shape index (κ3) is 4.21. The second-order valence-corrected chi connectivity index (χ2v) is 9.36. The van der Waals surface area contributed by atoms with Crippen LogP contribution in [0, 0.1) is 0 Å². The highest BCUT2D eigenvalue weighted by Crippen LogP contribution is 2.43. The number of carbonyl (C=O) groups excluding carboxylic acids is 1. The van der Waals surface area contributed by atoms with Crippen LogP contribution in [0.5, 0.6) is 11.5 Å². The lowest BCUT2D eigenvalue weighted by molar-refractivity contribution is 0.0971. The van der Waals surface area contributed by atoms with Crippen molar-refractivity contribution in [3.05, 3.63) is 97.8 Å². The third-order valence-corrected chi connectivity index (χ3v) is 6.65. The number of unbranched alkanes of at least 4 members (excludes halogenated alkanes) is 1. The Morgan fingerprint density at radius 3 is 2.53 bits per heavy atom. The van der Waals surface area contributed by atoms with Crippen molar-refractivity contribution in [2.75, 3.05) is 18.6 Å². The van der Waals surface area contributed by atoms with Gasteiger partial charge in [-0.15, -0.1) is 0 Å². The molecule has 0 saturated heterocycles. The van der Waals surface area contributed by atoms with Crippen molar-refractivity contribution < 1.29 is 18.7 Å². The molecular weight excluding hydrogens is 501 g/mol. The van der Waals surface area contributed by atoms with Crippen LogP contribution in [0.15, 0.2) is 69.9 Å². The number of anilines is 1. The maximum Gasteiger partial charge on any atom is 0.295 e. The summed E-state index contributed by atoms with van der Waals surface area (Å²) in [4.78, 5) is 29.0. The number of amides is 1. The number of hydrogen-bond donors (Lipinski definition) is 0. The highest BCUT2D eigenvalue weighted by Gasteiger charge is 2.44. The molecule has 0 fully saturated rings. The van der Waals surface area contributed by atoms with Gasteiger partial charge in [-0.1, -0.05) is 48.7 Å². The summed E-state index contributed by atoms with van der Waals surface area (Å²) in [6.45, 7) is 2.65. The Balaban J connectivity index is 1.72. The van der Waals surface area contributed by atoms with Crippen LogP contribution in [0.4, 0.5) is 5.69 Å². The van der Waals surface area contributed by atoms with E-state index in [1.807, 2.05) is 6.07 Å². The number of methoxy groups -OCH3 is 1. The van der Waals surface area contributed by atoms with Gasteiger partial charge in [0.1, 0.15) is 5.58 Å². The van der Waals surface area contributed by atoms with Crippen molar-refractivity contribution in [2.45, 2.75) is 25.8 Å². The highest BCUT2D eigenvalue weighted by molar-refractivity contribution is 6.31. The summed E-state index contributed by atoms with van der Waals surface area (Å²) in [6, 6.07) is 16.3. The van der Waals surface area contributed by atoms with E-state index in [1.165, 1.54) is 4.90 Å². The predicted octanol–water partition coefficient (Wildman–Crippen LogP) is 7.04. The molecule has 1 unspecified atom stereocenters. The van der Waals surface area contributed by atoms with Gasteiger partial charge in [0.15, 0.2) is 16.9 Å². The fourth-order valence-corrected chi connectivity index (χ4v) is 4.81. The summed E-state index contributed by atoms with van der Waals surface area (Å²) in [5, 5.41) is 1.17. The minimum Gasteiger partial charge on any atom is -0.493 e. The van der Waals surface area contributed by atoms with Crippen LogP contribution in [-0.4, -0.2) is 19.6 Å². The van der Waals surface area contributed by atoms with Gasteiger partial charge in [0.25, 0.3) is 5.91 Å². The number of nitrogens with zero attached hydrogens (tertiary/aromatic N) is 1. The van der Waals surface area contributed by atoms with E-state index in [0.717, 1.165) is 12.8 Å². The minimum absolute atomic E-state index is 0.0120. The third-order valence-electron chi connectivity index (χ3n) is 6.18. The molecule has 0 radical (unpaired) electrons. The molecule has 3 aromatic carbocycles. The van der Waals surface area contributed by atoms with E-state index in [0.29, 0.717) is 50.4 Å². The fourth-order valence-electron chi connectivity index (χ4n) is 4.45. The predicted molar refractivity (Wildman–Crippen MR) is 141 cm³/mol. The van der Waals surface area contributed by atoms with Gasteiger partial charge in [-0.05, 0) is 60.5 Å². The molecule has 1 aliphatic rings. The quantitative estimate of drug-likeness (QED) is 0.243. The lowest BCUT2D eigenvalue weighted by Crippen LogP contribution is -2.29. The maximum absolute atomic E-state index is 13.8. The highest BCUT2D eigenvalue weighted by atomic mass is 35.5. The van der Waals surface area contributed by atoms with Gasteiger partial charge in [-0.2, -0.15) is 0 Å². The van der Waals surface area contributed by atoms with E-state index in [2.05, 4.69) is 6.92 Å². The maximum atomic E-state index is 13.8. The smallest absolute Gasteiger partial charge is 0.295 e. The van der Waals surface area contributed by atoms with Gasteiger partial charge in [0.05, 0.1) is 30.7 Å². The first-order chi connectivity index (χ1) is 17.4. The summed E-state index contributed by atoms with van der Waals surface area (Å²) in [5.74, 6) is 0.644. The zero-order valence-corrected chi connectivity index (χ0v) is 21.2. The van der Waals surface area contributed by atoms with Gasteiger partial charge in [-0.3, -0.25) is 14.5 Å². The first-order valence-corrected chi connectivity index (χ1v) is 12.3. The minimum atomic E-state index is -0.774. The normalized spacial score (nSPS) is 14.8. The van der Waals surface area contributed by atoms with Gasteiger partial charge in [0, 0.05) is 15.7 Å². The summed E-state index contributed by atoms with van der Waals surface area (Å²) < 4.78 is 17.5. The molecule has 184 valence electrons. The molecule has 0 saturated carbocycles. The molecule has 0 N–H and O–H groups in total. The van der Waals surface area contributed by atoms with Gasteiger partial charge in [0.2, 0.25) is 5.76 Å². The van der Waals surface area contributed by atoms with Gasteiger partial charge < -0.3 is 13.9 Å². The molecule has 1 atom stereocenters. The standard InChI is InChI=1S/C28H23Cl2NO5/c1-3-4-12-35-22-10-8-16(13-23(22)34-2)25-24-26(32)20-15-18(30)9-11-21(20)36-27(24)28(33)31(25)19-7-5-6-17(29)14-19/h5-11,13-15,25H,3-4,12H2,1-2H3. The van der Waals surface area contributed by atoms with Crippen LogP contribution in [0.3, 0.4) is 0 Å². The second-order valence-electron chi connectivity index (χ2n) is 8.48. The average Bonchev–Trinajstić information content (AvgIpc) is 3.17. The van der Waals surface area contributed by atoms with Crippen molar-refractivity contribution in [2.24, 2.45) is 0 Å². The number of ether oxygens (including phenoxy) is 2. The van der Waals surface area contributed by atoms with Crippen LogP contribution in [0.1, 0.15) is 47.5 Å². The van der Waals surface area contributed by atoms with Crippen LogP contribution in [-0.2, 0) is 0 Å². The number of halogens is 2. The van der Waals surface area contributed by atoms with Gasteiger partial charge in [-0.25, -0.2) is 0 Å². The molecule has 1 amide bonds. The Morgan fingerprint density at radius 2 is 1.78 bits per heavy atom. The number of carbonyl (C=O) groups is 1. The Kier molecular flexibility index (Phi) is 6.65. The number of benzene rings is 3. The molecule has 0 aliphatic carbocycles. The molecule has 0 spiro atoms. The molecular formula is C28H23Cl2NO5. The average molecular weight is 524 g/mol. The molecule has 6 nitrogen and oxygen atoms in total. The van der Waals surface area contributed by atoms with Crippen molar-refractivity contribution in [3.63, 3.8) is 0 Å². The number of hydrogen-bond acceptors (Lipinski definition) is 5. The first kappa shape index (κ1) is 24.2. The van der Waals surface area contributed by atoms with Crippen molar-refractivity contribution in [1.29, 1.82) is 0 Å². The Bertz CT molecular complexity index is 1530. The largest absolute Gasteiger partial charge is 0.493 e. The van der Waals surface area contributed by atoms with E-state index in [1.54, 1.807) is 61.7 Å². The second kappa shape index (κ2) is 9.88. The monoisotopic (exact) mass is 523 g/mol. The van der Waals surface area contributed by atoms with Crippen molar-refractivity contribution in [3.8, 4) is 11.5 Å². The summed E-state index contributed by atoms with van der Waals surface area (Å²) in [7, 11) is 1.55. The van der Waals surface area contributed by atoms with Gasteiger partial charge >= 0.3 is 0 Å². The lowest BCUT2D eigenvalue weighted by atomic mass is 9.97. The number of rotatable bonds is 7. The van der Waals surface area contributed by atoms with E-state index in [9.17, 15) is 9.59 Å². The molecule has 5 rings (SSSR count). The first-order valence-electron chi connectivity index (χ1n) is 11.6. The van der Waals surface area contributed by atoms with Crippen LogP contribution >= 0.6 is 23.2 Å². The van der Waals surface area contributed by atoms with Crippen LogP contribution in [0.25, 0.3) is 11.0 Å². The Hall–Kier alpha value is -3.48. The molecule has 2 heterocycles. The molecule has 0 bridgehead atoms. The topological polar surface area (TPSA) is 69.0 Å². The van der Waals surface area contributed by atoms with Crippen LogP contribution < -0.4 is 19.8 Å². The number of fused-ring (bicyclic) bond motifs is 2. The van der Waals surface area contributed by atoms with Crippen molar-refractivity contribution >= 4 is 45.8 Å². The van der Waals surface area contributed by atoms with Crippen molar-refractivity contribution in [1.82, 2.24) is 0 Å². The van der Waals surface area contributed by atoms with E-state index < -0.39 is 11.9 Å². The zero-order valence-electron chi connectivity index (χ0n) is 19.7. The molecule has 4 aromatic rings. The van der Waals surface area contributed by atoms with E-state index in [-0.39, 0.29) is 16.8 Å². The summed E-state index contributed by atoms with van der Waals surface area (Å²) in [5.41, 5.74) is 1.40. The zero-order chi connectivity index (χ0) is 25.4. The summed E-state index contributed by atoms with van der Waals surface area (Å²) in [6.07, 6.45) is 1.92. The Morgan fingerprint density at radius 1 is 0.972 bits per heavy atom. The fraction of sp³-hybridized carbons (Fsp3) is 0.214. The molecule has 8 heteroatoms. The lowest BCUT2D eigenvalue weighted by Gasteiger charge is -2.26. The Labute approximate surface area is 217 Å². The molecule has 1 aliphatic heterocycles. The summed E-state index contributed by atoms with van der Waals surface area (Å²) >= 11 is 12.4. The van der Waals surface area contributed by atoms with E-state index >= 15 is 0 Å². The van der Waals surface area contributed by atoms with E-state index in [4.69, 9.17) is 37.1 Å². The molecule has 36 heavy (non-hydrogen) atoms. The molecule has 1 aromatic heterocycles.